The Labute approximate surface area is 221 Å². The zero-order valence-corrected chi connectivity index (χ0v) is 22.1. The molecule has 1 N–H and O–H groups in total. The number of benzene rings is 2. The number of pyridine rings is 1. The molecule has 3 aliphatic rings. The predicted molar refractivity (Wildman–Crippen MR) is 134 cm³/mol. The summed E-state index contributed by atoms with van der Waals surface area (Å²) in [5.74, 6) is 1.64. The Kier molecular flexibility index (Phi) is 7.67. The molecular weight excluding hydrogens is 528 g/mol. The summed E-state index contributed by atoms with van der Waals surface area (Å²) in [5.41, 5.74) is 2.32. The summed E-state index contributed by atoms with van der Waals surface area (Å²) in [4.78, 5) is 17.9. The second-order valence-corrected chi connectivity index (χ2v) is 10.1. The van der Waals surface area contributed by atoms with Crippen LogP contribution in [-0.2, 0) is 0 Å². The standard InChI is InChI=1S/C28H30ClN2O3.BrH/c1-3-18-16-31(17-27(32)19-4-6-21(29)7-5-19)13-11-20(18)14-26(31)28(33)23-10-12-30-25-9-8-22(34-2)15-24(23)25;/h3-10,12,15,18,20,26,28,33H,1,11,13-14,16-17H2,2H3;1H/q+1;/p-1/t18?,20?,26?,28-,31?;/m1./s1. The maximum Gasteiger partial charge on any atom is 0.216 e. The molecule has 2 bridgehead atoms. The van der Waals surface area contributed by atoms with E-state index in [4.69, 9.17) is 16.3 Å². The second kappa shape index (κ2) is 10.4. The number of quaternary nitrogens is 1. The third kappa shape index (κ3) is 4.77. The summed E-state index contributed by atoms with van der Waals surface area (Å²) >= 11 is 6.04. The summed E-state index contributed by atoms with van der Waals surface area (Å²) in [7, 11) is 1.64. The van der Waals surface area contributed by atoms with Crippen LogP contribution in [0.2, 0.25) is 5.02 Å². The molecule has 5 nitrogen and oxygen atoms in total. The number of fused-ring (bicyclic) bond motifs is 4. The van der Waals surface area contributed by atoms with Crippen molar-refractivity contribution < 1.29 is 36.1 Å². The molecule has 1 aromatic heterocycles. The Morgan fingerprint density at radius 2 is 2.06 bits per heavy atom. The van der Waals surface area contributed by atoms with Crippen LogP contribution in [0, 0.1) is 11.8 Å². The van der Waals surface area contributed by atoms with Crippen LogP contribution in [0.1, 0.15) is 34.9 Å². The number of nitrogens with zero attached hydrogens (tertiary/aromatic N) is 2. The Morgan fingerprint density at radius 3 is 2.77 bits per heavy atom. The average Bonchev–Trinajstić information content (AvgIpc) is 2.87. The number of piperidine rings is 3. The number of hydrogen-bond acceptors (Lipinski definition) is 4. The number of carbonyl (C=O) groups is 1. The van der Waals surface area contributed by atoms with Crippen LogP contribution in [0.15, 0.2) is 67.4 Å². The van der Waals surface area contributed by atoms with Gasteiger partial charge in [0.2, 0.25) is 5.78 Å². The number of Topliss-reactive ketones (excluding diaryl/α,β-unsaturated/α-hetero) is 1. The van der Waals surface area contributed by atoms with Crippen molar-refractivity contribution in [1.82, 2.24) is 4.98 Å². The SMILES string of the molecule is C=CC1C[N+]2(CC(=O)c3ccc(Cl)cc3)CCC1CC2[C@H](O)c1ccnc2ccc(OC)cc12.[Br-]. The van der Waals surface area contributed by atoms with Gasteiger partial charge in [-0.2, -0.15) is 0 Å². The summed E-state index contributed by atoms with van der Waals surface area (Å²) < 4.78 is 6.00. The lowest BCUT2D eigenvalue weighted by Gasteiger charge is -2.57. The Balaban J connectivity index is 0.00000289. The Hall–Kier alpha value is -2.25. The molecule has 0 amide bonds. The van der Waals surface area contributed by atoms with Crippen molar-refractivity contribution >= 4 is 28.3 Å². The number of halogens is 2. The van der Waals surface area contributed by atoms with Crippen molar-refractivity contribution in [3.63, 3.8) is 0 Å². The molecular formula is C28H30BrClN2O3. The number of ketones is 1. The van der Waals surface area contributed by atoms with E-state index in [2.05, 4.69) is 11.6 Å². The van der Waals surface area contributed by atoms with Crippen molar-refractivity contribution in [2.45, 2.75) is 25.0 Å². The lowest BCUT2D eigenvalue weighted by molar-refractivity contribution is -0.966. The summed E-state index contributed by atoms with van der Waals surface area (Å²) in [6.07, 6.45) is 4.97. The van der Waals surface area contributed by atoms with Crippen LogP contribution >= 0.6 is 11.6 Å². The van der Waals surface area contributed by atoms with Gasteiger partial charge in [-0.15, -0.1) is 6.58 Å². The molecule has 3 fully saturated rings. The lowest BCUT2D eigenvalue weighted by Crippen LogP contribution is -3.00. The van der Waals surface area contributed by atoms with Gasteiger partial charge in [-0.1, -0.05) is 17.7 Å². The van der Waals surface area contributed by atoms with Gasteiger partial charge in [0, 0.05) is 40.9 Å². The molecule has 0 radical (unpaired) electrons. The van der Waals surface area contributed by atoms with E-state index in [1.165, 1.54) is 0 Å². The van der Waals surface area contributed by atoms with Crippen molar-refractivity contribution in [3.05, 3.63) is 83.5 Å². The van der Waals surface area contributed by atoms with Crippen LogP contribution in [-0.4, -0.2) is 53.1 Å². The minimum atomic E-state index is -0.718. The molecule has 4 unspecified atom stereocenters. The van der Waals surface area contributed by atoms with E-state index >= 15 is 0 Å². The van der Waals surface area contributed by atoms with Gasteiger partial charge >= 0.3 is 0 Å². The van der Waals surface area contributed by atoms with Gasteiger partial charge in [0.05, 0.1) is 25.7 Å². The third-order valence-electron chi connectivity index (χ3n) is 7.97. The number of aliphatic hydroxyl groups excluding tert-OH is 1. The molecule has 5 atom stereocenters. The highest BCUT2D eigenvalue weighted by molar-refractivity contribution is 6.30. The number of rotatable bonds is 7. The largest absolute Gasteiger partial charge is 1.00 e. The first kappa shape index (κ1) is 25.8. The van der Waals surface area contributed by atoms with Gasteiger partial charge in [-0.05, 0) is 60.0 Å². The molecule has 6 rings (SSSR count). The van der Waals surface area contributed by atoms with Gasteiger partial charge in [-0.25, -0.2) is 0 Å². The van der Waals surface area contributed by atoms with Gasteiger partial charge in [0.15, 0.2) is 0 Å². The highest BCUT2D eigenvalue weighted by Crippen LogP contribution is 2.47. The first-order valence-electron chi connectivity index (χ1n) is 11.8. The molecule has 3 saturated heterocycles. The topological polar surface area (TPSA) is 59.4 Å². The van der Waals surface area contributed by atoms with Gasteiger partial charge < -0.3 is 31.3 Å². The molecule has 0 saturated carbocycles. The van der Waals surface area contributed by atoms with Gasteiger partial charge in [-0.3, -0.25) is 9.78 Å². The minimum Gasteiger partial charge on any atom is -1.00 e. The molecule has 2 aromatic carbocycles. The van der Waals surface area contributed by atoms with Crippen LogP contribution < -0.4 is 21.7 Å². The molecule has 4 heterocycles. The minimum absolute atomic E-state index is 0. The van der Waals surface area contributed by atoms with E-state index in [-0.39, 0.29) is 28.8 Å². The molecule has 3 aromatic rings. The summed E-state index contributed by atoms with van der Waals surface area (Å²) in [6.45, 7) is 6.13. The predicted octanol–water partition coefficient (Wildman–Crippen LogP) is 2.23. The van der Waals surface area contributed by atoms with Gasteiger partial charge in [0.1, 0.15) is 24.4 Å². The maximum atomic E-state index is 13.4. The fourth-order valence-electron chi connectivity index (χ4n) is 6.13. The number of aromatic nitrogens is 1. The molecule has 184 valence electrons. The molecule has 0 spiro atoms. The fraction of sp³-hybridized carbons (Fsp3) is 0.357. The van der Waals surface area contributed by atoms with Crippen molar-refractivity contribution in [3.8, 4) is 5.75 Å². The van der Waals surface area contributed by atoms with Crippen molar-refractivity contribution in [1.29, 1.82) is 0 Å². The number of aliphatic hydroxyl groups is 1. The molecule has 7 heteroatoms. The van der Waals surface area contributed by atoms with E-state index in [0.717, 1.165) is 48.1 Å². The van der Waals surface area contributed by atoms with E-state index in [1.54, 1.807) is 37.6 Å². The van der Waals surface area contributed by atoms with E-state index in [0.29, 0.717) is 33.4 Å². The molecule has 0 aliphatic carbocycles. The lowest BCUT2D eigenvalue weighted by atomic mass is 9.71. The highest BCUT2D eigenvalue weighted by Gasteiger charge is 2.54. The van der Waals surface area contributed by atoms with Crippen LogP contribution in [0.3, 0.4) is 0 Å². The number of carbonyl (C=O) groups excluding carboxylic acids is 1. The third-order valence-corrected chi connectivity index (χ3v) is 8.22. The molecule has 3 aliphatic heterocycles. The Bertz CT molecular complexity index is 1230. The Morgan fingerprint density at radius 1 is 1.29 bits per heavy atom. The van der Waals surface area contributed by atoms with Gasteiger partial charge in [0.25, 0.3) is 0 Å². The first-order chi connectivity index (χ1) is 16.4. The normalized spacial score (nSPS) is 26.1. The van der Waals surface area contributed by atoms with Crippen molar-refractivity contribution in [2.24, 2.45) is 11.8 Å². The van der Waals surface area contributed by atoms with Crippen LogP contribution in [0.5, 0.6) is 5.75 Å². The number of ether oxygens (including phenoxy) is 1. The second-order valence-electron chi connectivity index (χ2n) is 9.69. The quantitative estimate of drug-likeness (QED) is 0.275. The smallest absolute Gasteiger partial charge is 0.216 e. The number of hydrogen-bond donors (Lipinski definition) is 1. The van der Waals surface area contributed by atoms with Crippen molar-refractivity contribution in [2.75, 3.05) is 26.7 Å². The van der Waals surface area contributed by atoms with E-state index in [1.807, 2.05) is 30.3 Å². The monoisotopic (exact) mass is 556 g/mol. The summed E-state index contributed by atoms with van der Waals surface area (Å²) in [6, 6.07) is 14.6. The fourth-order valence-corrected chi connectivity index (χ4v) is 6.26. The zero-order valence-electron chi connectivity index (χ0n) is 19.7. The van der Waals surface area contributed by atoms with Crippen LogP contribution in [0.25, 0.3) is 10.9 Å². The highest BCUT2D eigenvalue weighted by atomic mass is 79.9. The molecule has 35 heavy (non-hydrogen) atoms. The number of methoxy groups -OCH3 is 1. The zero-order chi connectivity index (χ0) is 23.9. The first-order valence-corrected chi connectivity index (χ1v) is 12.2. The summed E-state index contributed by atoms with van der Waals surface area (Å²) in [5, 5.41) is 13.3. The van der Waals surface area contributed by atoms with Crippen LogP contribution in [0.4, 0.5) is 0 Å². The maximum absolute atomic E-state index is 13.4. The van der Waals surface area contributed by atoms with E-state index in [9.17, 15) is 9.90 Å². The van der Waals surface area contributed by atoms with E-state index < -0.39 is 6.10 Å². The average molecular weight is 558 g/mol.